The predicted molar refractivity (Wildman–Crippen MR) is 129 cm³/mol. The Kier molecular flexibility index (Phi) is 15.1. The van der Waals surface area contributed by atoms with Crippen LogP contribution in [0.3, 0.4) is 0 Å². The van der Waals surface area contributed by atoms with Gasteiger partial charge in [0.1, 0.15) is 0 Å². The molecule has 1 fully saturated rings. The van der Waals surface area contributed by atoms with E-state index in [1.165, 1.54) is 6.40 Å². The lowest BCUT2D eigenvalue weighted by atomic mass is 10.1. The molecule has 0 bridgehead atoms. The Hall–Kier alpha value is -1.57. The van der Waals surface area contributed by atoms with Gasteiger partial charge in [0.15, 0.2) is 6.40 Å². The van der Waals surface area contributed by atoms with E-state index in [2.05, 4.69) is 37.4 Å². The molecule has 0 N–H and O–H groups in total. The molecule has 0 aromatic heterocycles. The van der Waals surface area contributed by atoms with Crippen molar-refractivity contribution < 1.29 is 28.3 Å². The van der Waals surface area contributed by atoms with Gasteiger partial charge in [0, 0.05) is 37.9 Å². The summed E-state index contributed by atoms with van der Waals surface area (Å²) >= 11 is 0. The summed E-state index contributed by atoms with van der Waals surface area (Å²) in [5.74, 6) is -1.39. The fraction of sp³-hybridized carbons (Fsp3) is 0.826. The van der Waals surface area contributed by atoms with E-state index in [9.17, 15) is 14.4 Å². The second-order valence-corrected chi connectivity index (χ2v) is 10.0. The Bertz CT molecular complexity index is 605. The Balaban J connectivity index is 2.13. The number of nitrogens with zero attached hydrogens (tertiary/aromatic N) is 3. The molecule has 0 spiro atoms. The Labute approximate surface area is 200 Å². The van der Waals surface area contributed by atoms with Gasteiger partial charge in [0.2, 0.25) is 0 Å². The first kappa shape index (κ1) is 29.5. The Morgan fingerprint density at radius 3 is 2.09 bits per heavy atom. The highest BCUT2D eigenvalue weighted by atomic mass is 31.2. The third-order valence-corrected chi connectivity index (χ3v) is 7.05. The van der Waals surface area contributed by atoms with Crippen LogP contribution in [0.2, 0.25) is 0 Å². The first-order chi connectivity index (χ1) is 15.8. The summed E-state index contributed by atoms with van der Waals surface area (Å²) in [6.45, 7) is 11.9. The number of hydroxylamine groups is 2. The van der Waals surface area contributed by atoms with Crippen molar-refractivity contribution >= 4 is 32.7 Å². The summed E-state index contributed by atoms with van der Waals surface area (Å²) < 4.78 is 14.1. The van der Waals surface area contributed by atoms with Crippen molar-refractivity contribution in [3.63, 3.8) is 0 Å². The van der Waals surface area contributed by atoms with E-state index in [4.69, 9.17) is 13.9 Å². The normalized spacial score (nSPS) is 15.5. The van der Waals surface area contributed by atoms with E-state index >= 15 is 0 Å². The molecular weight excluding hydrogens is 445 g/mol. The molecule has 1 unspecified atom stereocenters. The average Bonchev–Trinajstić information content (AvgIpc) is 3.06. The van der Waals surface area contributed by atoms with E-state index in [0.717, 1.165) is 38.5 Å². The molecule has 1 saturated heterocycles. The van der Waals surface area contributed by atoms with Gasteiger partial charge in [0.25, 0.3) is 11.8 Å². The molecule has 0 radical (unpaired) electrons. The topological polar surface area (TPSA) is 97.7 Å². The lowest BCUT2D eigenvalue weighted by molar-refractivity contribution is -0.197. The highest BCUT2D eigenvalue weighted by Gasteiger charge is 2.32. The van der Waals surface area contributed by atoms with Gasteiger partial charge in [-0.05, 0) is 47.5 Å². The van der Waals surface area contributed by atoms with Crippen molar-refractivity contribution in [1.29, 1.82) is 0 Å². The molecule has 1 atom stereocenters. The number of hydrogen-bond donors (Lipinski definition) is 0. The number of carbonyl (C=O) groups excluding carboxylic acids is 3. The van der Waals surface area contributed by atoms with Gasteiger partial charge < -0.3 is 13.9 Å². The highest BCUT2D eigenvalue weighted by Crippen LogP contribution is 2.45. The molecule has 0 saturated carbocycles. The van der Waals surface area contributed by atoms with Crippen LogP contribution in [-0.2, 0) is 28.3 Å². The first-order valence-electron chi connectivity index (χ1n) is 12.2. The van der Waals surface area contributed by atoms with Gasteiger partial charge in [0.05, 0.1) is 6.61 Å². The molecule has 190 valence electrons. The third kappa shape index (κ3) is 11.9. The average molecular weight is 488 g/mol. The molecule has 1 rings (SSSR count). The van der Waals surface area contributed by atoms with Gasteiger partial charge in [-0.25, -0.2) is 9.46 Å². The maximum Gasteiger partial charge on any atom is 0.333 e. The van der Waals surface area contributed by atoms with Crippen LogP contribution in [0.15, 0.2) is 4.99 Å². The molecule has 10 heteroatoms. The number of hydrogen-bond acceptors (Lipinski definition) is 8. The largest absolute Gasteiger partial charge is 0.425 e. The summed E-state index contributed by atoms with van der Waals surface area (Å²) in [4.78, 5) is 43.7. The number of aliphatic imine (C=N–C) groups is 1. The summed E-state index contributed by atoms with van der Waals surface area (Å²) in [5, 5.41) is 0.611. The van der Waals surface area contributed by atoms with Crippen molar-refractivity contribution in [1.82, 2.24) is 9.73 Å². The van der Waals surface area contributed by atoms with Crippen molar-refractivity contribution in [3.8, 4) is 0 Å². The Morgan fingerprint density at radius 2 is 1.55 bits per heavy atom. The van der Waals surface area contributed by atoms with Gasteiger partial charge >= 0.3 is 14.5 Å². The Morgan fingerprint density at radius 1 is 1.00 bits per heavy atom. The highest BCUT2D eigenvalue weighted by molar-refractivity contribution is 7.45. The van der Waals surface area contributed by atoms with Crippen molar-refractivity contribution in [2.75, 3.05) is 13.2 Å². The van der Waals surface area contributed by atoms with Crippen LogP contribution in [-0.4, -0.2) is 59.2 Å². The third-order valence-electron chi connectivity index (χ3n) is 5.07. The quantitative estimate of drug-likeness (QED) is 0.0868. The second kappa shape index (κ2) is 17.0. The SMILES string of the molecule is CCN=COP(OCCCCCCCCCC(=O)ON1C(=O)CCC1=O)N(C(C)C)C(C)C. The van der Waals surface area contributed by atoms with Crippen LogP contribution >= 0.6 is 8.53 Å². The zero-order valence-corrected chi connectivity index (χ0v) is 21.9. The lowest BCUT2D eigenvalue weighted by Gasteiger charge is -2.34. The van der Waals surface area contributed by atoms with Crippen molar-refractivity contribution in [3.05, 3.63) is 0 Å². The van der Waals surface area contributed by atoms with Crippen molar-refractivity contribution in [2.24, 2.45) is 4.99 Å². The van der Waals surface area contributed by atoms with Crippen LogP contribution < -0.4 is 0 Å². The van der Waals surface area contributed by atoms with E-state index in [1.807, 2.05) is 6.92 Å². The van der Waals surface area contributed by atoms with E-state index in [-0.39, 0.29) is 19.3 Å². The molecule has 2 amide bonds. The standard InChI is InChI=1S/C23H42N3O6P/c1-6-24-18-31-33(26(19(2)3)20(4)5)30-17-13-11-9-7-8-10-12-14-23(29)32-25-21(27)15-16-22(25)28/h18-20H,6-17H2,1-5H3. The van der Waals surface area contributed by atoms with E-state index in [0.29, 0.717) is 36.7 Å². The van der Waals surface area contributed by atoms with Gasteiger partial charge in [-0.2, -0.15) is 0 Å². The first-order valence-corrected chi connectivity index (χ1v) is 13.3. The predicted octanol–water partition coefficient (Wildman–Crippen LogP) is 5.14. The molecule has 9 nitrogen and oxygen atoms in total. The molecule has 1 aliphatic heterocycles. The minimum absolute atomic E-state index is 0.118. The number of rotatable bonds is 18. The number of unbranched alkanes of at least 4 members (excludes halogenated alkanes) is 6. The van der Waals surface area contributed by atoms with Crippen LogP contribution in [0.5, 0.6) is 0 Å². The number of carbonyl (C=O) groups is 3. The number of imide groups is 1. The van der Waals surface area contributed by atoms with Crippen LogP contribution in [0.1, 0.15) is 98.8 Å². The summed E-state index contributed by atoms with van der Waals surface area (Å²) in [7, 11) is -1.17. The second-order valence-electron chi connectivity index (χ2n) is 8.62. The molecular formula is C23H42N3O6P. The lowest BCUT2D eigenvalue weighted by Crippen LogP contribution is -2.33. The zero-order valence-electron chi connectivity index (χ0n) is 21.0. The summed E-state index contributed by atoms with van der Waals surface area (Å²) in [5.41, 5.74) is 0. The van der Waals surface area contributed by atoms with Crippen LogP contribution in [0, 0.1) is 0 Å². The maximum absolute atomic E-state index is 11.8. The molecule has 0 aliphatic carbocycles. The van der Waals surface area contributed by atoms with Crippen molar-refractivity contribution in [2.45, 2.75) is 111 Å². The van der Waals surface area contributed by atoms with Gasteiger partial charge in [-0.3, -0.25) is 14.6 Å². The summed E-state index contributed by atoms with van der Waals surface area (Å²) in [6, 6.07) is 0.638. The molecule has 33 heavy (non-hydrogen) atoms. The maximum atomic E-state index is 11.8. The zero-order chi connectivity index (χ0) is 24.6. The van der Waals surface area contributed by atoms with Gasteiger partial charge in [-0.1, -0.05) is 32.1 Å². The van der Waals surface area contributed by atoms with E-state index < -0.39 is 26.3 Å². The van der Waals surface area contributed by atoms with Crippen LogP contribution in [0.4, 0.5) is 0 Å². The molecule has 1 aliphatic rings. The van der Waals surface area contributed by atoms with Crippen LogP contribution in [0.25, 0.3) is 0 Å². The molecule has 0 aromatic rings. The van der Waals surface area contributed by atoms with E-state index in [1.54, 1.807) is 0 Å². The monoisotopic (exact) mass is 487 g/mol. The minimum Gasteiger partial charge on any atom is -0.425 e. The smallest absolute Gasteiger partial charge is 0.333 e. The fourth-order valence-electron chi connectivity index (χ4n) is 3.48. The summed E-state index contributed by atoms with van der Waals surface area (Å²) in [6.07, 6.45) is 8.87. The van der Waals surface area contributed by atoms with Gasteiger partial charge in [-0.15, -0.1) is 5.06 Å². The molecule has 0 aromatic carbocycles. The fourth-order valence-corrected chi connectivity index (χ4v) is 4.97. The minimum atomic E-state index is -1.17. The molecule has 1 heterocycles. The number of amides is 2.